The minimum Gasteiger partial charge on any atom is -0.490 e. The first-order valence-corrected chi connectivity index (χ1v) is 14.7. The Balaban J connectivity index is 1.47. The number of anilines is 1. The zero-order valence-corrected chi connectivity index (χ0v) is 25.7. The van der Waals surface area contributed by atoms with Crippen molar-refractivity contribution in [3.8, 4) is 11.5 Å². The van der Waals surface area contributed by atoms with E-state index in [-0.39, 0.29) is 34.9 Å². The average Bonchev–Trinajstić information content (AvgIpc) is 2.87. The van der Waals surface area contributed by atoms with E-state index in [4.69, 9.17) is 14.2 Å². The summed E-state index contributed by atoms with van der Waals surface area (Å²) in [5.41, 5.74) is 4.31. The fourth-order valence-corrected chi connectivity index (χ4v) is 6.38. The SMILES string of the molecule is CCOc1cc(C2C3=C(CC(C)(C)CC3=O)OC3=C2C(=O)CC(C)(C)C3)ccc1OCC(=O)Nc1ccc(C)cc1C. The third-order valence-electron chi connectivity index (χ3n) is 8.20. The summed E-state index contributed by atoms with van der Waals surface area (Å²) < 4.78 is 18.3. The molecule has 0 aromatic heterocycles. The highest BCUT2D eigenvalue weighted by molar-refractivity contribution is 6.06. The van der Waals surface area contributed by atoms with Gasteiger partial charge in [-0.15, -0.1) is 0 Å². The Labute approximate surface area is 248 Å². The third kappa shape index (κ3) is 6.01. The van der Waals surface area contributed by atoms with Crippen molar-refractivity contribution in [2.75, 3.05) is 18.5 Å². The molecule has 1 heterocycles. The first kappa shape index (κ1) is 29.6. The lowest BCUT2D eigenvalue weighted by Gasteiger charge is -2.42. The van der Waals surface area contributed by atoms with Crippen LogP contribution in [0, 0.1) is 24.7 Å². The molecule has 5 rings (SSSR count). The van der Waals surface area contributed by atoms with Crippen molar-refractivity contribution in [1.29, 1.82) is 0 Å². The van der Waals surface area contributed by atoms with Gasteiger partial charge in [0, 0.05) is 48.4 Å². The number of aryl methyl sites for hydroxylation is 2. The molecule has 1 aliphatic heterocycles. The lowest BCUT2D eigenvalue weighted by molar-refractivity contribution is -0.120. The summed E-state index contributed by atoms with van der Waals surface area (Å²) in [6.45, 7) is 14.3. The summed E-state index contributed by atoms with van der Waals surface area (Å²) in [7, 11) is 0. The normalized spacial score (nSPS) is 19.6. The molecule has 2 aromatic carbocycles. The largest absolute Gasteiger partial charge is 0.490 e. The second kappa shape index (κ2) is 11.1. The second-order valence-corrected chi connectivity index (χ2v) is 13.4. The summed E-state index contributed by atoms with van der Waals surface area (Å²) in [5, 5.41) is 2.90. The van der Waals surface area contributed by atoms with E-state index in [1.807, 2.05) is 51.1 Å². The van der Waals surface area contributed by atoms with Crippen LogP contribution in [0.1, 0.15) is 82.9 Å². The monoisotopic (exact) mass is 571 g/mol. The summed E-state index contributed by atoms with van der Waals surface area (Å²) in [4.78, 5) is 39.9. The molecule has 0 radical (unpaired) electrons. The number of allylic oxidation sites excluding steroid dienone is 4. The summed E-state index contributed by atoms with van der Waals surface area (Å²) in [6.07, 6.45) is 2.04. The van der Waals surface area contributed by atoms with Gasteiger partial charge in [-0.1, -0.05) is 51.5 Å². The smallest absolute Gasteiger partial charge is 0.262 e. The highest BCUT2D eigenvalue weighted by Crippen LogP contribution is 2.53. The summed E-state index contributed by atoms with van der Waals surface area (Å²) in [6, 6.07) is 11.3. The summed E-state index contributed by atoms with van der Waals surface area (Å²) >= 11 is 0. The van der Waals surface area contributed by atoms with Crippen LogP contribution in [0.5, 0.6) is 11.5 Å². The molecule has 0 unspecified atom stereocenters. The third-order valence-corrected chi connectivity index (χ3v) is 8.20. The van der Waals surface area contributed by atoms with Crippen molar-refractivity contribution in [1.82, 2.24) is 0 Å². The molecule has 2 aromatic rings. The Morgan fingerprint density at radius 1 is 0.857 bits per heavy atom. The number of hydrogen-bond acceptors (Lipinski definition) is 6. The van der Waals surface area contributed by atoms with Gasteiger partial charge in [0.15, 0.2) is 29.7 Å². The van der Waals surface area contributed by atoms with Gasteiger partial charge in [-0.25, -0.2) is 0 Å². The zero-order valence-electron chi connectivity index (χ0n) is 25.7. The number of ether oxygens (including phenoxy) is 3. The van der Waals surface area contributed by atoms with Gasteiger partial charge < -0.3 is 19.5 Å². The van der Waals surface area contributed by atoms with Crippen LogP contribution >= 0.6 is 0 Å². The minimum absolute atomic E-state index is 0.0109. The zero-order chi connectivity index (χ0) is 30.4. The molecular weight excluding hydrogens is 530 g/mol. The molecule has 0 atom stereocenters. The van der Waals surface area contributed by atoms with Gasteiger partial charge in [0.25, 0.3) is 5.91 Å². The molecule has 0 saturated heterocycles. The molecule has 1 amide bonds. The molecule has 0 spiro atoms. The van der Waals surface area contributed by atoms with Crippen LogP contribution in [-0.4, -0.2) is 30.7 Å². The number of ketones is 2. The van der Waals surface area contributed by atoms with Crippen LogP contribution in [0.3, 0.4) is 0 Å². The van der Waals surface area contributed by atoms with Crippen molar-refractivity contribution in [3.05, 3.63) is 75.8 Å². The number of nitrogens with one attached hydrogen (secondary N) is 1. The van der Waals surface area contributed by atoms with Gasteiger partial charge >= 0.3 is 0 Å². The fourth-order valence-electron chi connectivity index (χ4n) is 6.38. The van der Waals surface area contributed by atoms with E-state index in [1.165, 1.54) is 0 Å². The highest BCUT2D eigenvalue weighted by atomic mass is 16.5. The molecule has 7 nitrogen and oxygen atoms in total. The molecule has 0 fully saturated rings. The standard InChI is InChI=1S/C35H41NO6/c1-8-40-27-14-22(10-12-26(27)41-19-30(39)36-23-11-9-20(2)13-21(23)3)31-32-24(37)15-34(4,5)17-28(32)42-29-18-35(6,7)16-25(38)33(29)31/h9-14,31H,8,15-19H2,1-7H3,(H,36,39). The quantitative estimate of drug-likeness (QED) is 0.381. The number of rotatable bonds is 7. The maximum atomic E-state index is 13.6. The number of Topliss-reactive ketones (excluding diaryl/α,β-unsaturated/α-hetero) is 2. The molecule has 42 heavy (non-hydrogen) atoms. The second-order valence-electron chi connectivity index (χ2n) is 13.4. The predicted octanol–water partition coefficient (Wildman–Crippen LogP) is 7.12. The molecule has 7 heteroatoms. The van der Waals surface area contributed by atoms with Crippen LogP contribution in [0.2, 0.25) is 0 Å². The first-order valence-electron chi connectivity index (χ1n) is 14.7. The van der Waals surface area contributed by atoms with Crippen molar-refractivity contribution < 1.29 is 28.6 Å². The van der Waals surface area contributed by atoms with Crippen molar-refractivity contribution in [2.24, 2.45) is 10.8 Å². The van der Waals surface area contributed by atoms with Gasteiger partial charge in [-0.2, -0.15) is 0 Å². The molecule has 2 aliphatic carbocycles. The molecule has 0 saturated carbocycles. The van der Waals surface area contributed by atoms with E-state index < -0.39 is 5.92 Å². The molecular formula is C35H41NO6. The number of carbonyl (C=O) groups is 3. The van der Waals surface area contributed by atoms with Crippen LogP contribution in [-0.2, 0) is 19.1 Å². The van der Waals surface area contributed by atoms with Crippen molar-refractivity contribution >= 4 is 23.2 Å². The Morgan fingerprint density at radius 3 is 2.05 bits per heavy atom. The van der Waals surface area contributed by atoms with Crippen LogP contribution in [0.15, 0.2) is 59.1 Å². The highest BCUT2D eigenvalue weighted by Gasteiger charge is 2.48. The number of hydrogen-bond donors (Lipinski definition) is 1. The Morgan fingerprint density at radius 2 is 1.48 bits per heavy atom. The molecule has 1 N–H and O–H groups in total. The van der Waals surface area contributed by atoms with Gasteiger partial charge in [0.2, 0.25) is 0 Å². The van der Waals surface area contributed by atoms with Gasteiger partial charge in [0.05, 0.1) is 6.61 Å². The van der Waals surface area contributed by atoms with Crippen LogP contribution < -0.4 is 14.8 Å². The van der Waals surface area contributed by atoms with E-state index in [0.29, 0.717) is 66.5 Å². The Hall–Kier alpha value is -3.87. The molecule has 222 valence electrons. The Bertz CT molecular complexity index is 1470. The Kier molecular flexibility index (Phi) is 7.82. The average molecular weight is 572 g/mol. The lowest BCUT2D eigenvalue weighted by atomic mass is 9.65. The molecule has 0 bridgehead atoms. The van der Waals surface area contributed by atoms with E-state index in [0.717, 1.165) is 22.4 Å². The topological polar surface area (TPSA) is 90.9 Å². The van der Waals surface area contributed by atoms with Crippen molar-refractivity contribution in [2.45, 2.75) is 80.1 Å². The van der Waals surface area contributed by atoms with E-state index >= 15 is 0 Å². The lowest BCUT2D eigenvalue weighted by Crippen LogP contribution is -2.37. The van der Waals surface area contributed by atoms with Gasteiger partial charge in [-0.3, -0.25) is 14.4 Å². The van der Waals surface area contributed by atoms with Crippen LogP contribution in [0.25, 0.3) is 0 Å². The van der Waals surface area contributed by atoms with Gasteiger partial charge in [-0.05, 0) is 60.9 Å². The maximum Gasteiger partial charge on any atom is 0.262 e. The maximum absolute atomic E-state index is 13.6. The fraction of sp³-hybridized carbons (Fsp3) is 0.457. The van der Waals surface area contributed by atoms with Crippen LogP contribution in [0.4, 0.5) is 5.69 Å². The number of amides is 1. The van der Waals surface area contributed by atoms with Gasteiger partial charge in [0.1, 0.15) is 11.5 Å². The molecule has 3 aliphatic rings. The number of benzene rings is 2. The van der Waals surface area contributed by atoms with Crippen molar-refractivity contribution in [3.63, 3.8) is 0 Å². The predicted molar refractivity (Wildman–Crippen MR) is 162 cm³/mol. The van der Waals surface area contributed by atoms with E-state index in [9.17, 15) is 14.4 Å². The van der Waals surface area contributed by atoms with E-state index in [2.05, 4.69) is 33.0 Å². The summed E-state index contributed by atoms with van der Waals surface area (Å²) in [5.74, 6) is 1.42. The number of carbonyl (C=O) groups excluding carboxylic acids is 3. The minimum atomic E-state index is -0.531. The van der Waals surface area contributed by atoms with E-state index in [1.54, 1.807) is 6.07 Å². The first-order chi connectivity index (χ1) is 19.8.